The van der Waals surface area contributed by atoms with E-state index in [1.165, 1.54) is 63.5 Å². The van der Waals surface area contributed by atoms with Crippen LogP contribution in [0.5, 0.6) is 11.5 Å². The second kappa shape index (κ2) is 20.1. The minimum Gasteiger partial charge on any atom is -0.493 e. The first-order chi connectivity index (χ1) is 20.4. The number of methoxy groups -OCH3 is 2. The molecule has 0 heterocycles. The molecule has 0 radical (unpaired) electrons. The largest absolute Gasteiger partial charge is 0.493 e. The van der Waals surface area contributed by atoms with E-state index < -0.39 is 5.41 Å². The zero-order valence-electron chi connectivity index (χ0n) is 26.6. The molecule has 2 aromatic rings. The summed E-state index contributed by atoms with van der Waals surface area (Å²) in [5, 5.41) is 10.6. The van der Waals surface area contributed by atoms with E-state index >= 15 is 0 Å². The van der Waals surface area contributed by atoms with Crippen molar-refractivity contribution in [2.24, 2.45) is 0 Å². The molecule has 1 unspecified atom stereocenters. The second-order valence-electron chi connectivity index (χ2n) is 11.6. The Morgan fingerprint density at radius 3 is 1.98 bits per heavy atom. The molecule has 0 saturated carbocycles. The predicted octanol–water partition coefficient (Wildman–Crippen LogP) is 9.29. The van der Waals surface area contributed by atoms with Gasteiger partial charge in [0.05, 0.1) is 25.7 Å². The van der Waals surface area contributed by atoms with Gasteiger partial charge in [-0.15, -0.1) is 0 Å². The molecule has 6 heteroatoms. The van der Waals surface area contributed by atoms with E-state index in [1.807, 2.05) is 18.2 Å². The Morgan fingerprint density at radius 1 is 0.810 bits per heavy atom. The molecule has 2 aromatic carbocycles. The van der Waals surface area contributed by atoms with Crippen LogP contribution in [0.2, 0.25) is 0 Å². The summed E-state index contributed by atoms with van der Waals surface area (Å²) in [5.74, 6) is 1.03. The maximum Gasteiger partial charge on any atom is 0.162 e. The molecular weight excluding hydrogens is 527 g/mol. The molecule has 0 aliphatic rings. The van der Waals surface area contributed by atoms with Gasteiger partial charge in [0, 0.05) is 12.0 Å². The van der Waals surface area contributed by atoms with Gasteiger partial charge in [-0.25, -0.2) is 4.39 Å². The topological polar surface area (TPSA) is 62.6 Å². The van der Waals surface area contributed by atoms with Crippen molar-refractivity contribution in [2.75, 3.05) is 34.4 Å². The van der Waals surface area contributed by atoms with E-state index in [-0.39, 0.29) is 11.6 Å². The molecule has 232 valence electrons. The number of nitrogens with zero attached hydrogens (tertiary/aromatic N) is 2. The van der Waals surface area contributed by atoms with E-state index in [9.17, 15) is 14.4 Å². The highest BCUT2D eigenvalue weighted by Crippen LogP contribution is 2.39. The molecule has 1 atom stereocenters. The first-order valence-corrected chi connectivity index (χ1v) is 16.0. The highest BCUT2D eigenvalue weighted by molar-refractivity contribution is 5.95. The molecular formula is C36H53FN2O3. The van der Waals surface area contributed by atoms with Crippen LogP contribution >= 0.6 is 0 Å². The van der Waals surface area contributed by atoms with Crippen LogP contribution in [0.25, 0.3) is 0 Å². The Kier molecular flexibility index (Phi) is 16.9. The normalized spacial score (nSPS) is 12.6. The fourth-order valence-corrected chi connectivity index (χ4v) is 5.69. The molecule has 5 nitrogen and oxygen atoms in total. The Balaban J connectivity index is 1.91. The van der Waals surface area contributed by atoms with E-state index in [2.05, 4.69) is 24.9 Å². The summed E-state index contributed by atoms with van der Waals surface area (Å²) in [7, 11) is 5.32. The summed E-state index contributed by atoms with van der Waals surface area (Å²) in [4.78, 5) is 14.6. The predicted molar refractivity (Wildman–Crippen MR) is 170 cm³/mol. The molecule has 0 bridgehead atoms. The van der Waals surface area contributed by atoms with Crippen LogP contribution in [-0.2, 0) is 5.41 Å². The van der Waals surface area contributed by atoms with E-state index in [0.717, 1.165) is 57.2 Å². The summed E-state index contributed by atoms with van der Waals surface area (Å²) in [6, 6.07) is 14.4. The fraction of sp³-hybridized carbons (Fsp3) is 0.611. The lowest BCUT2D eigenvalue weighted by Crippen LogP contribution is -2.28. The highest BCUT2D eigenvalue weighted by Gasteiger charge is 2.32. The van der Waals surface area contributed by atoms with Crippen molar-refractivity contribution < 1.29 is 18.7 Å². The number of halogens is 1. The average Bonchev–Trinajstić information content (AvgIpc) is 3.01. The van der Waals surface area contributed by atoms with Gasteiger partial charge in [-0.05, 0) is 87.8 Å². The molecule has 0 aliphatic heterocycles. The molecule has 0 saturated heterocycles. The Morgan fingerprint density at radius 2 is 1.38 bits per heavy atom. The monoisotopic (exact) mass is 580 g/mol. The number of ether oxygens (including phenoxy) is 2. The molecule has 0 N–H and O–H groups in total. The maximum absolute atomic E-state index is 13.1. The van der Waals surface area contributed by atoms with Crippen LogP contribution in [0.3, 0.4) is 0 Å². The van der Waals surface area contributed by atoms with Crippen LogP contribution in [0.1, 0.15) is 119 Å². The Labute approximate surface area is 254 Å². The number of carbonyl (C=O) groups excluding carboxylic acids is 1. The third kappa shape index (κ3) is 12.1. The Bertz CT molecular complexity index is 1080. The van der Waals surface area contributed by atoms with Crippen molar-refractivity contribution in [3.05, 3.63) is 59.4 Å². The van der Waals surface area contributed by atoms with Gasteiger partial charge in [-0.2, -0.15) is 5.26 Å². The summed E-state index contributed by atoms with van der Waals surface area (Å²) in [6.07, 6.45) is 16.3. The number of hydrogen-bond acceptors (Lipinski definition) is 5. The third-order valence-corrected chi connectivity index (χ3v) is 8.36. The van der Waals surface area contributed by atoms with E-state index in [4.69, 9.17) is 9.47 Å². The van der Waals surface area contributed by atoms with Crippen LogP contribution in [0, 0.1) is 17.1 Å². The van der Waals surface area contributed by atoms with Gasteiger partial charge in [0.25, 0.3) is 0 Å². The van der Waals surface area contributed by atoms with Gasteiger partial charge in [0.2, 0.25) is 0 Å². The van der Waals surface area contributed by atoms with Crippen LogP contribution < -0.4 is 9.47 Å². The number of Topliss-reactive ketones (excluding diaryl/α,β-unsaturated/α-hetero) is 1. The molecule has 0 spiro atoms. The number of ketones is 1. The quantitative estimate of drug-likeness (QED) is 0.0968. The average molecular weight is 581 g/mol. The van der Waals surface area contributed by atoms with Gasteiger partial charge < -0.3 is 14.4 Å². The number of nitriles is 1. The van der Waals surface area contributed by atoms with Crippen molar-refractivity contribution in [3.8, 4) is 17.6 Å². The molecule has 0 aliphatic carbocycles. The van der Waals surface area contributed by atoms with E-state index in [1.54, 1.807) is 26.4 Å². The summed E-state index contributed by atoms with van der Waals surface area (Å²) >= 11 is 0. The van der Waals surface area contributed by atoms with Gasteiger partial charge >= 0.3 is 0 Å². The zero-order chi connectivity index (χ0) is 30.6. The molecule has 2 rings (SSSR count). The standard InChI is InChI=1S/C36H53FN2O3/c1-5-6-7-8-9-10-11-12-13-14-24-36(29-38,31-20-23-34(41-3)35(28-31)42-4)25-16-27-39(2)26-15-17-33(40)30-18-21-32(37)22-19-30/h18-23,28H,5-17,24-27H2,1-4H3. The highest BCUT2D eigenvalue weighted by atomic mass is 19.1. The third-order valence-electron chi connectivity index (χ3n) is 8.36. The number of carbonyl (C=O) groups is 1. The number of hydrogen-bond donors (Lipinski definition) is 0. The van der Waals surface area contributed by atoms with Gasteiger partial charge in [-0.3, -0.25) is 4.79 Å². The SMILES string of the molecule is CCCCCCCCCCCCC(C#N)(CCCN(C)CCCC(=O)c1ccc(F)cc1)c1ccc(OC)c(OC)c1. The van der Waals surface area contributed by atoms with E-state index in [0.29, 0.717) is 23.5 Å². The van der Waals surface area contributed by atoms with Gasteiger partial charge in [0.1, 0.15) is 5.82 Å². The van der Waals surface area contributed by atoms with Crippen molar-refractivity contribution in [2.45, 2.75) is 109 Å². The lowest BCUT2D eigenvalue weighted by atomic mass is 9.74. The van der Waals surface area contributed by atoms with Crippen molar-refractivity contribution in [1.29, 1.82) is 5.26 Å². The minimum atomic E-state index is -0.584. The van der Waals surface area contributed by atoms with Crippen LogP contribution in [0.4, 0.5) is 4.39 Å². The van der Waals surface area contributed by atoms with Crippen LogP contribution in [-0.4, -0.2) is 45.0 Å². The van der Waals surface area contributed by atoms with Crippen molar-refractivity contribution in [3.63, 3.8) is 0 Å². The second-order valence-corrected chi connectivity index (χ2v) is 11.6. The fourth-order valence-electron chi connectivity index (χ4n) is 5.69. The molecule has 42 heavy (non-hydrogen) atoms. The first-order valence-electron chi connectivity index (χ1n) is 16.0. The van der Waals surface area contributed by atoms with Gasteiger partial charge in [-0.1, -0.05) is 77.2 Å². The first kappa shape index (κ1) is 35.3. The number of benzene rings is 2. The number of unbranched alkanes of at least 4 members (excludes halogenated alkanes) is 9. The smallest absolute Gasteiger partial charge is 0.162 e. The Hall–Kier alpha value is -2.91. The number of rotatable bonds is 23. The summed E-state index contributed by atoms with van der Waals surface area (Å²) in [5.41, 5.74) is 0.963. The summed E-state index contributed by atoms with van der Waals surface area (Å²) < 4.78 is 24.2. The minimum absolute atomic E-state index is 0.0387. The van der Waals surface area contributed by atoms with Crippen molar-refractivity contribution >= 4 is 5.78 Å². The molecule has 0 amide bonds. The van der Waals surface area contributed by atoms with Crippen LogP contribution in [0.15, 0.2) is 42.5 Å². The van der Waals surface area contributed by atoms with Gasteiger partial charge in [0.15, 0.2) is 17.3 Å². The summed E-state index contributed by atoms with van der Waals surface area (Å²) in [6.45, 7) is 3.89. The molecule has 0 fully saturated rings. The lowest BCUT2D eigenvalue weighted by Gasteiger charge is -2.29. The molecule has 0 aromatic heterocycles. The zero-order valence-corrected chi connectivity index (χ0v) is 26.6. The lowest BCUT2D eigenvalue weighted by molar-refractivity contribution is 0.0976. The van der Waals surface area contributed by atoms with Crippen molar-refractivity contribution in [1.82, 2.24) is 4.90 Å². The maximum atomic E-state index is 13.1.